The van der Waals surface area contributed by atoms with Crippen LogP contribution in [-0.4, -0.2) is 36.7 Å². The van der Waals surface area contributed by atoms with Gasteiger partial charge < -0.3 is 14.2 Å². The number of esters is 2. The Morgan fingerprint density at radius 1 is 1.17 bits per heavy atom. The fourth-order valence-electron chi connectivity index (χ4n) is 2.25. The van der Waals surface area contributed by atoms with Gasteiger partial charge >= 0.3 is 11.9 Å². The summed E-state index contributed by atoms with van der Waals surface area (Å²) >= 11 is 2.16. The van der Waals surface area contributed by atoms with Crippen LogP contribution in [0.25, 0.3) is 10.9 Å². The van der Waals surface area contributed by atoms with Crippen molar-refractivity contribution in [2.24, 2.45) is 0 Å². The van der Waals surface area contributed by atoms with E-state index in [-0.39, 0.29) is 25.4 Å². The van der Waals surface area contributed by atoms with Gasteiger partial charge in [0.2, 0.25) is 0 Å². The van der Waals surface area contributed by atoms with Gasteiger partial charge in [-0.15, -0.1) is 0 Å². The van der Waals surface area contributed by atoms with E-state index in [1.807, 2.05) is 18.2 Å². The highest BCUT2D eigenvalue weighted by Gasteiger charge is 2.22. The Kier molecular flexibility index (Phi) is 6.36. The monoisotopic (exact) mass is 443 g/mol. The summed E-state index contributed by atoms with van der Waals surface area (Å²) in [5.74, 6) is -0.731. The topological polar surface area (TPSA) is 74.7 Å². The molecule has 2 rings (SSSR count). The Morgan fingerprint density at radius 3 is 2.54 bits per heavy atom. The highest BCUT2D eigenvalue weighted by atomic mass is 127. The number of rotatable bonds is 6. The smallest absolute Gasteiger partial charge is 0.344 e. The molecule has 0 amide bonds. The molecular formula is C17H18INO5. The van der Waals surface area contributed by atoms with Crippen molar-refractivity contribution in [1.82, 2.24) is 4.98 Å². The fraction of sp³-hybridized carbons (Fsp3) is 0.353. The Bertz CT molecular complexity index is 775. The molecule has 0 aliphatic carbocycles. The van der Waals surface area contributed by atoms with Crippen molar-refractivity contribution in [3.8, 4) is 5.75 Å². The Hall–Kier alpha value is -1.90. The average molecular weight is 443 g/mol. The fourth-order valence-corrected chi connectivity index (χ4v) is 2.74. The molecule has 1 heterocycles. The van der Waals surface area contributed by atoms with Crippen LogP contribution in [-0.2, 0) is 14.3 Å². The maximum absolute atomic E-state index is 12.3. The molecule has 0 N–H and O–H groups in total. The van der Waals surface area contributed by atoms with Crippen LogP contribution >= 0.6 is 22.6 Å². The van der Waals surface area contributed by atoms with Crippen molar-refractivity contribution in [3.63, 3.8) is 0 Å². The Balaban J connectivity index is 2.55. The van der Waals surface area contributed by atoms with E-state index in [2.05, 4.69) is 27.6 Å². The highest BCUT2D eigenvalue weighted by Crippen LogP contribution is 2.32. The molecular weight excluding hydrogens is 425 g/mol. The van der Waals surface area contributed by atoms with Crippen LogP contribution in [0.3, 0.4) is 0 Å². The number of fused-ring (bicyclic) bond motifs is 1. The number of benzene rings is 1. The molecule has 1 aromatic carbocycles. The van der Waals surface area contributed by atoms with Crippen molar-refractivity contribution in [3.05, 3.63) is 33.0 Å². The van der Waals surface area contributed by atoms with Gasteiger partial charge in [0.05, 0.1) is 24.4 Å². The summed E-state index contributed by atoms with van der Waals surface area (Å²) in [6.45, 7) is 5.37. The summed E-state index contributed by atoms with van der Waals surface area (Å²) in [4.78, 5) is 28.4. The predicted molar refractivity (Wildman–Crippen MR) is 97.3 cm³/mol. The molecule has 0 spiro atoms. The van der Waals surface area contributed by atoms with Gasteiger partial charge in [-0.3, -0.25) is 4.98 Å². The summed E-state index contributed by atoms with van der Waals surface area (Å²) in [5.41, 5.74) is 1.40. The maximum Gasteiger partial charge on any atom is 0.344 e. The van der Waals surface area contributed by atoms with Gasteiger partial charge in [0.25, 0.3) is 0 Å². The van der Waals surface area contributed by atoms with Crippen molar-refractivity contribution < 1.29 is 23.8 Å². The zero-order chi connectivity index (χ0) is 17.7. The quantitative estimate of drug-likeness (QED) is 0.504. The number of aryl methyl sites for hydroxylation is 1. The lowest BCUT2D eigenvalue weighted by molar-refractivity contribution is -0.145. The van der Waals surface area contributed by atoms with Gasteiger partial charge in [0, 0.05) is 8.96 Å². The number of nitrogens with zero attached hydrogens (tertiary/aromatic N) is 1. The van der Waals surface area contributed by atoms with E-state index in [0.29, 0.717) is 22.3 Å². The molecule has 0 aliphatic rings. The van der Waals surface area contributed by atoms with Crippen LogP contribution in [0.5, 0.6) is 5.75 Å². The average Bonchev–Trinajstić information content (AvgIpc) is 2.53. The lowest BCUT2D eigenvalue weighted by Gasteiger charge is -2.15. The normalized spacial score (nSPS) is 10.5. The second kappa shape index (κ2) is 8.27. The van der Waals surface area contributed by atoms with E-state index in [4.69, 9.17) is 14.2 Å². The molecule has 0 aliphatic heterocycles. The summed E-state index contributed by atoms with van der Waals surface area (Å²) in [6, 6.07) is 5.61. The zero-order valence-corrected chi connectivity index (χ0v) is 15.9. The first-order valence-corrected chi connectivity index (χ1v) is 8.61. The number of carbonyl (C=O) groups excluding carboxylic acids is 2. The molecule has 0 atom stereocenters. The summed E-state index contributed by atoms with van der Waals surface area (Å²) < 4.78 is 16.6. The molecule has 7 heteroatoms. The minimum absolute atomic E-state index is 0.232. The molecule has 0 saturated heterocycles. The van der Waals surface area contributed by atoms with Gasteiger partial charge in [0.15, 0.2) is 6.61 Å². The molecule has 2 aromatic rings. The first-order chi connectivity index (χ1) is 11.5. The number of halogens is 1. The third kappa shape index (κ3) is 4.14. The number of ether oxygens (including phenoxy) is 3. The van der Waals surface area contributed by atoms with E-state index >= 15 is 0 Å². The van der Waals surface area contributed by atoms with Gasteiger partial charge in [-0.25, -0.2) is 9.59 Å². The van der Waals surface area contributed by atoms with Gasteiger partial charge in [-0.2, -0.15) is 0 Å². The molecule has 24 heavy (non-hydrogen) atoms. The van der Waals surface area contributed by atoms with Gasteiger partial charge in [-0.05, 0) is 61.6 Å². The minimum atomic E-state index is -0.526. The van der Waals surface area contributed by atoms with Crippen molar-refractivity contribution in [2.45, 2.75) is 20.8 Å². The maximum atomic E-state index is 12.3. The van der Waals surface area contributed by atoms with E-state index in [0.717, 1.165) is 3.57 Å². The Labute approximate surface area is 153 Å². The molecule has 0 fully saturated rings. The molecule has 0 bridgehead atoms. The SMILES string of the molecule is CCOC(=O)COc1c(C(=O)OCC)c(C)nc2ccc(I)cc12. The van der Waals surface area contributed by atoms with Crippen molar-refractivity contribution in [2.75, 3.05) is 19.8 Å². The van der Waals surface area contributed by atoms with Crippen LogP contribution in [0, 0.1) is 10.5 Å². The zero-order valence-electron chi connectivity index (χ0n) is 13.7. The van der Waals surface area contributed by atoms with Gasteiger partial charge in [0.1, 0.15) is 11.3 Å². The molecule has 6 nitrogen and oxygen atoms in total. The van der Waals surface area contributed by atoms with Crippen LogP contribution in [0.4, 0.5) is 0 Å². The molecule has 1 aromatic heterocycles. The second-order valence-electron chi connectivity index (χ2n) is 4.88. The van der Waals surface area contributed by atoms with Crippen LogP contribution < -0.4 is 4.74 Å². The largest absolute Gasteiger partial charge is 0.480 e. The number of hydrogen-bond acceptors (Lipinski definition) is 6. The third-order valence-corrected chi connectivity index (χ3v) is 3.87. The predicted octanol–water partition coefficient (Wildman–Crippen LogP) is 3.27. The van der Waals surface area contributed by atoms with E-state index in [9.17, 15) is 9.59 Å². The molecule has 128 valence electrons. The first kappa shape index (κ1) is 18.4. The second-order valence-corrected chi connectivity index (χ2v) is 6.12. The number of pyridine rings is 1. The standard InChI is InChI=1S/C17H18INO5/c1-4-22-14(20)9-24-16-12-8-11(18)6-7-13(12)19-10(3)15(16)17(21)23-5-2/h6-8H,4-5,9H2,1-3H3. The van der Waals surface area contributed by atoms with Crippen LogP contribution in [0.2, 0.25) is 0 Å². The molecule has 0 saturated carbocycles. The lowest BCUT2D eigenvalue weighted by Crippen LogP contribution is -2.18. The molecule has 0 radical (unpaired) electrons. The first-order valence-electron chi connectivity index (χ1n) is 7.53. The van der Waals surface area contributed by atoms with E-state index < -0.39 is 11.9 Å². The summed E-state index contributed by atoms with van der Waals surface area (Å²) in [6.07, 6.45) is 0. The molecule has 0 unspecified atom stereocenters. The highest BCUT2D eigenvalue weighted by molar-refractivity contribution is 14.1. The van der Waals surface area contributed by atoms with Crippen LogP contribution in [0.15, 0.2) is 18.2 Å². The number of hydrogen-bond donors (Lipinski definition) is 0. The van der Waals surface area contributed by atoms with Gasteiger partial charge in [-0.1, -0.05) is 0 Å². The number of carbonyl (C=O) groups is 2. The van der Waals surface area contributed by atoms with E-state index in [1.54, 1.807) is 20.8 Å². The third-order valence-electron chi connectivity index (χ3n) is 3.20. The lowest BCUT2D eigenvalue weighted by atomic mass is 10.1. The van der Waals surface area contributed by atoms with Crippen molar-refractivity contribution in [1.29, 1.82) is 0 Å². The summed E-state index contributed by atoms with van der Waals surface area (Å²) in [7, 11) is 0. The van der Waals surface area contributed by atoms with Crippen molar-refractivity contribution >= 4 is 45.4 Å². The minimum Gasteiger partial charge on any atom is -0.480 e. The van der Waals surface area contributed by atoms with E-state index in [1.165, 1.54) is 0 Å². The summed E-state index contributed by atoms with van der Waals surface area (Å²) in [5, 5.41) is 0.653. The Morgan fingerprint density at radius 2 is 1.88 bits per heavy atom. The van der Waals surface area contributed by atoms with Crippen LogP contribution in [0.1, 0.15) is 29.9 Å². The number of aromatic nitrogens is 1.